The fourth-order valence-electron chi connectivity index (χ4n) is 3.58. The number of hydrogen-bond acceptors (Lipinski definition) is 4. The van der Waals surface area contributed by atoms with Crippen LogP contribution < -0.4 is 11.1 Å². The second-order valence-electron chi connectivity index (χ2n) is 6.89. The molecule has 0 bridgehead atoms. The Hall–Kier alpha value is -3.49. The molecular weight excluding hydrogens is 398 g/mol. The number of nitrogen functional groups attached to an aromatic ring is 1. The van der Waals surface area contributed by atoms with Gasteiger partial charge in [0.1, 0.15) is 12.4 Å². The van der Waals surface area contributed by atoms with Gasteiger partial charge in [0, 0.05) is 25.1 Å². The number of benzene rings is 2. The van der Waals surface area contributed by atoms with Crippen molar-refractivity contribution in [1.29, 1.82) is 0 Å². The number of ether oxygens (including phenoxy) is 1. The molecule has 1 aromatic heterocycles. The molecule has 0 unspecified atom stereocenters. The maximum absolute atomic E-state index is 12.1. The number of amides is 1. The van der Waals surface area contributed by atoms with Gasteiger partial charge < -0.3 is 15.8 Å². The zero-order valence-corrected chi connectivity index (χ0v) is 16.9. The molecule has 3 N–H and O–H groups in total. The SMILES string of the molecule is Nc1ncc(Cl)cc1C#CCCNC(=O)OCC1c2ccccc2-c2ccccc21. The number of nitrogens with zero attached hydrogens (tertiary/aromatic N) is 1. The number of carbonyl (C=O) groups is 1. The van der Waals surface area contributed by atoms with E-state index in [1.165, 1.54) is 28.5 Å². The van der Waals surface area contributed by atoms with Crippen molar-refractivity contribution in [2.24, 2.45) is 0 Å². The highest BCUT2D eigenvalue weighted by atomic mass is 35.5. The smallest absolute Gasteiger partial charge is 0.407 e. The molecule has 6 heteroatoms. The number of carbonyl (C=O) groups excluding carboxylic acids is 1. The third-order valence-electron chi connectivity index (χ3n) is 4.97. The molecule has 5 nitrogen and oxygen atoms in total. The molecule has 1 amide bonds. The Bertz CT molecular complexity index is 1100. The number of fused-ring (bicyclic) bond motifs is 3. The van der Waals surface area contributed by atoms with Crippen LogP contribution >= 0.6 is 11.6 Å². The lowest BCUT2D eigenvalue weighted by atomic mass is 9.98. The van der Waals surface area contributed by atoms with E-state index >= 15 is 0 Å². The van der Waals surface area contributed by atoms with Crippen molar-refractivity contribution in [2.75, 3.05) is 18.9 Å². The number of nitrogens with two attached hydrogens (primary N) is 1. The summed E-state index contributed by atoms with van der Waals surface area (Å²) in [6, 6.07) is 18.1. The van der Waals surface area contributed by atoms with Crippen LogP contribution in [0.25, 0.3) is 11.1 Å². The normalized spacial score (nSPS) is 11.8. The average Bonchev–Trinajstić information content (AvgIpc) is 3.08. The predicted octanol–water partition coefficient (Wildman–Crippen LogP) is 4.60. The van der Waals surface area contributed by atoms with Gasteiger partial charge in [-0.2, -0.15) is 0 Å². The van der Waals surface area contributed by atoms with E-state index in [4.69, 9.17) is 22.1 Å². The van der Waals surface area contributed by atoms with E-state index in [2.05, 4.69) is 46.4 Å². The fraction of sp³-hybridized carbons (Fsp3) is 0.167. The monoisotopic (exact) mass is 417 g/mol. The van der Waals surface area contributed by atoms with Crippen LogP contribution in [0.2, 0.25) is 5.02 Å². The second kappa shape index (κ2) is 8.89. The number of anilines is 1. The van der Waals surface area contributed by atoms with Gasteiger partial charge in [-0.1, -0.05) is 72.0 Å². The van der Waals surface area contributed by atoms with Crippen LogP contribution in [-0.2, 0) is 4.74 Å². The molecule has 0 saturated heterocycles. The number of alkyl carbamates (subject to hydrolysis) is 1. The van der Waals surface area contributed by atoms with Crippen molar-refractivity contribution in [3.8, 4) is 23.0 Å². The Morgan fingerprint density at radius 3 is 2.50 bits per heavy atom. The summed E-state index contributed by atoms with van der Waals surface area (Å²) in [6.07, 6.45) is 1.47. The van der Waals surface area contributed by atoms with E-state index < -0.39 is 6.09 Å². The Kier molecular flexibility index (Phi) is 5.87. The number of hydrogen-bond donors (Lipinski definition) is 2. The minimum atomic E-state index is -0.456. The average molecular weight is 418 g/mol. The van der Waals surface area contributed by atoms with Gasteiger partial charge in [-0.3, -0.25) is 0 Å². The van der Waals surface area contributed by atoms with Gasteiger partial charge in [-0.05, 0) is 28.3 Å². The summed E-state index contributed by atoms with van der Waals surface area (Å²) < 4.78 is 5.49. The Balaban J connectivity index is 1.30. The Morgan fingerprint density at radius 2 is 1.80 bits per heavy atom. The van der Waals surface area contributed by atoms with Crippen LogP contribution in [0, 0.1) is 11.8 Å². The lowest BCUT2D eigenvalue weighted by Crippen LogP contribution is -2.26. The molecule has 0 aliphatic heterocycles. The molecule has 30 heavy (non-hydrogen) atoms. The lowest BCUT2D eigenvalue weighted by Gasteiger charge is -2.14. The van der Waals surface area contributed by atoms with Crippen LogP contribution in [0.1, 0.15) is 29.0 Å². The van der Waals surface area contributed by atoms with Gasteiger partial charge in [0.2, 0.25) is 0 Å². The highest BCUT2D eigenvalue weighted by Crippen LogP contribution is 2.44. The quantitative estimate of drug-likeness (QED) is 0.480. The topological polar surface area (TPSA) is 77.2 Å². The summed E-state index contributed by atoms with van der Waals surface area (Å²) >= 11 is 5.89. The number of aromatic nitrogens is 1. The Labute approximate surface area is 180 Å². The molecule has 0 atom stereocenters. The fourth-order valence-corrected chi connectivity index (χ4v) is 3.74. The van der Waals surface area contributed by atoms with E-state index in [-0.39, 0.29) is 12.5 Å². The van der Waals surface area contributed by atoms with Crippen LogP contribution in [-0.4, -0.2) is 24.2 Å². The summed E-state index contributed by atoms with van der Waals surface area (Å²) in [6.45, 7) is 0.661. The van der Waals surface area contributed by atoms with Crippen molar-refractivity contribution < 1.29 is 9.53 Å². The zero-order valence-electron chi connectivity index (χ0n) is 16.2. The molecule has 1 aliphatic rings. The van der Waals surface area contributed by atoms with Crippen molar-refractivity contribution in [3.05, 3.63) is 82.5 Å². The molecule has 0 radical (unpaired) electrons. The molecule has 2 aromatic carbocycles. The summed E-state index contributed by atoms with van der Waals surface area (Å²) in [5.41, 5.74) is 11.1. The van der Waals surface area contributed by atoms with Crippen molar-refractivity contribution in [1.82, 2.24) is 10.3 Å². The second-order valence-corrected chi connectivity index (χ2v) is 7.33. The molecule has 1 heterocycles. The van der Waals surface area contributed by atoms with Gasteiger partial charge in [0.05, 0.1) is 10.6 Å². The molecule has 0 spiro atoms. The minimum absolute atomic E-state index is 0.0428. The van der Waals surface area contributed by atoms with Gasteiger partial charge in [-0.15, -0.1) is 0 Å². The van der Waals surface area contributed by atoms with Gasteiger partial charge >= 0.3 is 6.09 Å². The molecule has 0 fully saturated rings. The van der Waals surface area contributed by atoms with Gasteiger partial charge in [0.15, 0.2) is 0 Å². The maximum Gasteiger partial charge on any atom is 0.407 e. The first-order valence-corrected chi connectivity index (χ1v) is 10.00. The largest absolute Gasteiger partial charge is 0.449 e. The number of pyridine rings is 1. The molecule has 150 valence electrons. The molecule has 3 aromatic rings. The molecule has 0 saturated carbocycles. The summed E-state index contributed by atoms with van der Waals surface area (Å²) in [5.74, 6) is 6.23. The van der Waals surface area contributed by atoms with E-state index in [1.54, 1.807) is 6.07 Å². The highest BCUT2D eigenvalue weighted by Gasteiger charge is 2.28. The summed E-state index contributed by atoms with van der Waals surface area (Å²) in [5, 5.41) is 3.21. The zero-order chi connectivity index (χ0) is 20.9. The third-order valence-corrected chi connectivity index (χ3v) is 5.18. The molecule has 4 rings (SSSR count). The first-order chi connectivity index (χ1) is 14.6. The number of rotatable bonds is 4. The van der Waals surface area contributed by atoms with E-state index in [0.717, 1.165) is 0 Å². The highest BCUT2D eigenvalue weighted by molar-refractivity contribution is 6.30. The van der Waals surface area contributed by atoms with Crippen molar-refractivity contribution in [2.45, 2.75) is 12.3 Å². The van der Waals surface area contributed by atoms with Crippen LogP contribution in [0.4, 0.5) is 10.6 Å². The molecule has 1 aliphatic carbocycles. The maximum atomic E-state index is 12.1. The summed E-state index contributed by atoms with van der Waals surface area (Å²) in [7, 11) is 0. The van der Waals surface area contributed by atoms with E-state index in [9.17, 15) is 4.79 Å². The van der Waals surface area contributed by atoms with Crippen molar-refractivity contribution >= 4 is 23.5 Å². The standard InChI is InChI=1S/C24H20ClN3O2/c25-17-13-16(23(26)28-14-17)7-5-6-12-27-24(29)30-15-22-20-10-3-1-8-18(20)19-9-2-4-11-21(19)22/h1-4,8-11,13-14,22H,6,12,15H2,(H2,26,28)(H,27,29). The first kappa shape index (κ1) is 19.8. The van der Waals surface area contributed by atoms with Crippen LogP contribution in [0.5, 0.6) is 0 Å². The first-order valence-electron chi connectivity index (χ1n) is 9.62. The molecular formula is C24H20ClN3O2. The van der Waals surface area contributed by atoms with Crippen LogP contribution in [0.15, 0.2) is 60.8 Å². The number of nitrogens with one attached hydrogen (secondary N) is 1. The van der Waals surface area contributed by atoms with Gasteiger partial charge in [0.25, 0.3) is 0 Å². The van der Waals surface area contributed by atoms with Gasteiger partial charge in [-0.25, -0.2) is 9.78 Å². The number of halogens is 1. The summed E-state index contributed by atoms with van der Waals surface area (Å²) in [4.78, 5) is 16.1. The van der Waals surface area contributed by atoms with Crippen LogP contribution in [0.3, 0.4) is 0 Å². The van der Waals surface area contributed by atoms with E-state index in [0.29, 0.717) is 29.4 Å². The minimum Gasteiger partial charge on any atom is -0.449 e. The van der Waals surface area contributed by atoms with Crippen molar-refractivity contribution in [3.63, 3.8) is 0 Å². The predicted molar refractivity (Wildman–Crippen MR) is 118 cm³/mol. The van der Waals surface area contributed by atoms with E-state index in [1.807, 2.05) is 24.3 Å². The Morgan fingerprint density at radius 1 is 1.13 bits per heavy atom. The third kappa shape index (κ3) is 4.24. The lowest BCUT2D eigenvalue weighted by molar-refractivity contribution is 0.143.